The lowest BCUT2D eigenvalue weighted by Crippen LogP contribution is -2.29. The Labute approximate surface area is 119 Å². The van der Waals surface area contributed by atoms with Crippen molar-refractivity contribution in [3.63, 3.8) is 0 Å². The van der Waals surface area contributed by atoms with Crippen molar-refractivity contribution in [2.75, 3.05) is 32.8 Å². The predicted molar refractivity (Wildman–Crippen MR) is 78.3 cm³/mol. The summed E-state index contributed by atoms with van der Waals surface area (Å²) in [5, 5.41) is 20.3. The van der Waals surface area contributed by atoms with E-state index < -0.39 is 0 Å². The third kappa shape index (κ3) is 5.46. The molecule has 0 aliphatic heterocycles. The average molecular weight is 281 g/mol. The molecule has 0 spiro atoms. The fourth-order valence-electron chi connectivity index (χ4n) is 1.79. The van der Waals surface area contributed by atoms with Gasteiger partial charge in [-0.2, -0.15) is 0 Å². The van der Waals surface area contributed by atoms with Crippen molar-refractivity contribution in [1.29, 1.82) is 0 Å². The largest absolute Gasteiger partial charge is 0.492 e. The molecule has 0 saturated carbocycles. The normalized spacial score (nSPS) is 11.8. The van der Waals surface area contributed by atoms with Crippen molar-refractivity contribution in [2.45, 2.75) is 13.3 Å². The van der Waals surface area contributed by atoms with Crippen LogP contribution in [0.2, 0.25) is 0 Å². The Balaban J connectivity index is 2.38. The van der Waals surface area contributed by atoms with Crippen molar-refractivity contribution in [3.8, 4) is 5.75 Å². The second-order valence-electron chi connectivity index (χ2n) is 4.37. The second kappa shape index (κ2) is 9.17. The summed E-state index contributed by atoms with van der Waals surface area (Å²) in [5.41, 5.74) is 6.13. The van der Waals surface area contributed by atoms with Gasteiger partial charge in [-0.05, 0) is 37.2 Å². The van der Waals surface area contributed by atoms with E-state index in [-0.39, 0.29) is 12.4 Å². The summed E-state index contributed by atoms with van der Waals surface area (Å²) in [6.45, 7) is 5.51. The molecule has 1 rings (SSSR count). The highest BCUT2D eigenvalue weighted by molar-refractivity contribution is 5.97. The number of nitrogens with two attached hydrogens (primary N) is 1. The highest BCUT2D eigenvalue weighted by Crippen LogP contribution is 2.12. The number of aliphatic hydroxyl groups excluding tert-OH is 1. The van der Waals surface area contributed by atoms with Crippen LogP contribution in [0.3, 0.4) is 0 Å². The van der Waals surface area contributed by atoms with E-state index in [9.17, 15) is 0 Å². The van der Waals surface area contributed by atoms with Gasteiger partial charge in [0.25, 0.3) is 0 Å². The molecule has 20 heavy (non-hydrogen) atoms. The van der Waals surface area contributed by atoms with Crippen LogP contribution in [0, 0.1) is 0 Å². The van der Waals surface area contributed by atoms with Crippen LogP contribution in [-0.2, 0) is 0 Å². The van der Waals surface area contributed by atoms with Crippen molar-refractivity contribution in [3.05, 3.63) is 29.8 Å². The summed E-state index contributed by atoms with van der Waals surface area (Å²) in [7, 11) is 0. The van der Waals surface area contributed by atoms with E-state index >= 15 is 0 Å². The zero-order chi connectivity index (χ0) is 14.8. The first-order valence-electron chi connectivity index (χ1n) is 6.75. The lowest BCUT2D eigenvalue weighted by molar-refractivity contribution is 0.195. The Morgan fingerprint density at radius 1 is 1.30 bits per heavy atom. The first kappa shape index (κ1) is 16.3. The zero-order valence-corrected chi connectivity index (χ0v) is 11.8. The number of aliphatic hydroxyl groups is 1. The van der Waals surface area contributed by atoms with Crippen LogP contribution < -0.4 is 10.5 Å². The van der Waals surface area contributed by atoms with Gasteiger partial charge in [0.05, 0.1) is 0 Å². The van der Waals surface area contributed by atoms with E-state index in [4.69, 9.17) is 20.8 Å². The Hall–Kier alpha value is -1.79. The lowest BCUT2D eigenvalue weighted by atomic mass is 10.2. The molecule has 0 aliphatic carbocycles. The van der Waals surface area contributed by atoms with Gasteiger partial charge in [-0.3, -0.25) is 0 Å². The summed E-state index contributed by atoms with van der Waals surface area (Å²) in [6, 6.07) is 7.07. The molecule has 0 bridgehead atoms. The molecule has 0 amide bonds. The van der Waals surface area contributed by atoms with Crippen LogP contribution in [0.4, 0.5) is 0 Å². The predicted octanol–water partition coefficient (Wildman–Crippen LogP) is 0.864. The molecule has 0 atom stereocenters. The fraction of sp³-hybridized carbons (Fsp3) is 0.500. The minimum Gasteiger partial charge on any atom is -0.492 e. The van der Waals surface area contributed by atoms with E-state index in [1.54, 1.807) is 24.3 Å². The van der Waals surface area contributed by atoms with Crippen molar-refractivity contribution in [2.24, 2.45) is 10.9 Å². The lowest BCUT2D eigenvalue weighted by Gasteiger charge is -2.19. The Kier molecular flexibility index (Phi) is 7.46. The van der Waals surface area contributed by atoms with E-state index in [0.29, 0.717) is 12.2 Å². The maximum absolute atomic E-state index is 8.81. The molecule has 1 aromatic rings. The third-order valence-electron chi connectivity index (χ3n) is 3.01. The van der Waals surface area contributed by atoms with Gasteiger partial charge >= 0.3 is 0 Å². The van der Waals surface area contributed by atoms with Crippen molar-refractivity contribution < 1.29 is 15.1 Å². The SMILES string of the molecule is CCN(CCCO)CCOc1ccc(/C(N)=N/O)cc1. The number of ether oxygens (including phenoxy) is 1. The number of hydrogen-bond donors (Lipinski definition) is 3. The molecule has 0 heterocycles. The monoisotopic (exact) mass is 281 g/mol. The number of nitrogens with zero attached hydrogens (tertiary/aromatic N) is 2. The smallest absolute Gasteiger partial charge is 0.170 e. The second-order valence-corrected chi connectivity index (χ2v) is 4.37. The minimum atomic E-state index is 0.0812. The molecule has 0 fully saturated rings. The first-order valence-corrected chi connectivity index (χ1v) is 6.75. The molecule has 0 saturated heterocycles. The van der Waals surface area contributed by atoms with Gasteiger partial charge in [0, 0.05) is 25.3 Å². The van der Waals surface area contributed by atoms with Gasteiger partial charge in [-0.1, -0.05) is 12.1 Å². The summed E-state index contributed by atoms with van der Waals surface area (Å²) < 4.78 is 5.64. The maximum Gasteiger partial charge on any atom is 0.170 e. The quantitative estimate of drug-likeness (QED) is 0.270. The molecular weight excluding hydrogens is 258 g/mol. The Morgan fingerprint density at radius 2 is 2.00 bits per heavy atom. The molecule has 0 radical (unpaired) electrons. The Bertz CT molecular complexity index is 407. The zero-order valence-electron chi connectivity index (χ0n) is 11.8. The van der Waals surface area contributed by atoms with E-state index in [1.807, 2.05) is 0 Å². The minimum absolute atomic E-state index is 0.0812. The van der Waals surface area contributed by atoms with Crippen LogP contribution >= 0.6 is 0 Å². The topological polar surface area (TPSA) is 91.3 Å². The standard InChI is InChI=1S/C14H23N3O3/c1-2-17(8-3-10-18)9-11-20-13-6-4-12(5-7-13)14(15)16-19/h4-7,18-19H,2-3,8-11H2,1H3,(H2,15,16). The van der Waals surface area contributed by atoms with Crippen LogP contribution in [0.25, 0.3) is 0 Å². The Morgan fingerprint density at radius 3 is 2.55 bits per heavy atom. The van der Waals surface area contributed by atoms with Gasteiger partial charge in [-0.15, -0.1) is 0 Å². The van der Waals surface area contributed by atoms with Gasteiger partial charge in [-0.25, -0.2) is 0 Å². The van der Waals surface area contributed by atoms with Crippen molar-refractivity contribution in [1.82, 2.24) is 4.90 Å². The summed E-state index contributed by atoms with van der Waals surface area (Å²) in [5.74, 6) is 0.829. The molecular formula is C14H23N3O3. The average Bonchev–Trinajstić information content (AvgIpc) is 2.50. The van der Waals surface area contributed by atoms with Gasteiger partial charge in [0.15, 0.2) is 5.84 Å². The molecule has 6 heteroatoms. The highest BCUT2D eigenvalue weighted by atomic mass is 16.5. The fourth-order valence-corrected chi connectivity index (χ4v) is 1.79. The summed E-state index contributed by atoms with van der Waals surface area (Å²) in [4.78, 5) is 2.22. The summed E-state index contributed by atoms with van der Waals surface area (Å²) in [6.07, 6.45) is 0.780. The third-order valence-corrected chi connectivity index (χ3v) is 3.01. The van der Waals surface area contributed by atoms with Gasteiger partial charge < -0.3 is 25.7 Å². The number of amidine groups is 1. The van der Waals surface area contributed by atoms with E-state index in [0.717, 1.165) is 31.8 Å². The van der Waals surface area contributed by atoms with Crippen LogP contribution in [-0.4, -0.2) is 53.9 Å². The molecule has 112 valence electrons. The van der Waals surface area contributed by atoms with Gasteiger partial charge in [0.2, 0.25) is 0 Å². The molecule has 0 aliphatic rings. The molecule has 0 aromatic heterocycles. The van der Waals surface area contributed by atoms with Crippen LogP contribution in [0.15, 0.2) is 29.4 Å². The van der Waals surface area contributed by atoms with Gasteiger partial charge in [0.1, 0.15) is 12.4 Å². The molecule has 1 aromatic carbocycles. The van der Waals surface area contributed by atoms with E-state index in [2.05, 4.69) is 17.0 Å². The number of hydrogen-bond acceptors (Lipinski definition) is 5. The van der Waals surface area contributed by atoms with E-state index in [1.165, 1.54) is 0 Å². The molecule has 4 N–H and O–H groups in total. The van der Waals surface area contributed by atoms with Crippen molar-refractivity contribution >= 4 is 5.84 Å². The van der Waals surface area contributed by atoms with Crippen LogP contribution in [0.5, 0.6) is 5.75 Å². The number of benzene rings is 1. The molecule has 0 unspecified atom stereocenters. The number of rotatable bonds is 9. The van der Waals surface area contributed by atoms with Crippen LogP contribution in [0.1, 0.15) is 18.9 Å². The number of likely N-dealkylation sites (N-methyl/N-ethyl adjacent to an activating group) is 1. The molecule has 6 nitrogen and oxygen atoms in total. The number of oxime groups is 1. The first-order chi connectivity index (χ1) is 9.71. The maximum atomic E-state index is 8.81. The summed E-state index contributed by atoms with van der Waals surface area (Å²) >= 11 is 0. The highest BCUT2D eigenvalue weighted by Gasteiger charge is 2.03.